The van der Waals surface area contributed by atoms with E-state index in [9.17, 15) is 0 Å². The lowest BCUT2D eigenvalue weighted by Crippen LogP contribution is -2.50. The summed E-state index contributed by atoms with van der Waals surface area (Å²) in [5.41, 5.74) is -0.0204. The van der Waals surface area contributed by atoms with Crippen molar-refractivity contribution in [3.63, 3.8) is 0 Å². The quantitative estimate of drug-likeness (QED) is 0.758. The van der Waals surface area contributed by atoms with Crippen LogP contribution in [0.3, 0.4) is 0 Å². The first-order chi connectivity index (χ1) is 8.28. The van der Waals surface area contributed by atoms with Crippen molar-refractivity contribution < 1.29 is 14.6 Å². The zero-order chi connectivity index (χ0) is 12.1. The maximum Gasteiger partial charge on any atom is 0.0951 e. The number of hydrogen-bond donors (Lipinski definition) is 2. The van der Waals surface area contributed by atoms with Gasteiger partial charge in [-0.15, -0.1) is 0 Å². The summed E-state index contributed by atoms with van der Waals surface area (Å²) in [6, 6.07) is 0.949. The Hall–Kier alpha value is -0.160. The Morgan fingerprint density at radius 1 is 1.47 bits per heavy atom. The molecule has 100 valence electrons. The van der Waals surface area contributed by atoms with E-state index in [0.717, 1.165) is 51.9 Å². The van der Waals surface area contributed by atoms with Gasteiger partial charge in [0.25, 0.3) is 0 Å². The van der Waals surface area contributed by atoms with E-state index in [2.05, 4.69) is 12.2 Å². The first kappa shape index (κ1) is 13.3. The molecule has 2 aliphatic rings. The lowest BCUT2D eigenvalue weighted by molar-refractivity contribution is -0.0905. The molecule has 2 saturated heterocycles. The molecule has 3 unspecified atom stereocenters. The lowest BCUT2D eigenvalue weighted by atomic mass is 9.89. The summed E-state index contributed by atoms with van der Waals surface area (Å²) < 4.78 is 11.4. The van der Waals surface area contributed by atoms with Gasteiger partial charge in [0.1, 0.15) is 0 Å². The number of rotatable bonds is 5. The molecule has 0 radical (unpaired) electrons. The zero-order valence-corrected chi connectivity index (χ0v) is 10.8. The molecule has 2 rings (SSSR count). The highest BCUT2D eigenvalue weighted by molar-refractivity contribution is 4.93. The third-order valence-corrected chi connectivity index (χ3v) is 4.00. The normalized spacial score (nSPS) is 35.3. The highest BCUT2D eigenvalue weighted by Gasteiger charge is 2.41. The molecule has 3 atom stereocenters. The van der Waals surface area contributed by atoms with E-state index in [-0.39, 0.29) is 12.2 Å². The predicted octanol–water partition coefficient (Wildman–Crippen LogP) is 1.08. The third-order valence-electron chi connectivity index (χ3n) is 4.00. The van der Waals surface area contributed by atoms with Crippen LogP contribution < -0.4 is 5.32 Å². The predicted molar refractivity (Wildman–Crippen MR) is 66.1 cm³/mol. The molecule has 1 spiro atoms. The van der Waals surface area contributed by atoms with Crippen molar-refractivity contribution in [3.05, 3.63) is 0 Å². The van der Waals surface area contributed by atoms with Gasteiger partial charge in [0, 0.05) is 38.3 Å². The summed E-state index contributed by atoms with van der Waals surface area (Å²) in [6.45, 7) is 4.85. The van der Waals surface area contributed by atoms with Crippen molar-refractivity contribution in [1.82, 2.24) is 5.32 Å². The number of nitrogens with one attached hydrogen (secondary N) is 1. The van der Waals surface area contributed by atoms with E-state index in [1.54, 1.807) is 0 Å². The van der Waals surface area contributed by atoms with Crippen LogP contribution in [0.2, 0.25) is 0 Å². The van der Waals surface area contributed by atoms with Gasteiger partial charge in [-0.05, 0) is 25.7 Å². The SMILES string of the molecule is CCC(CCO)NC1CCOC2(CCOC2)C1. The van der Waals surface area contributed by atoms with Crippen molar-refractivity contribution >= 4 is 0 Å². The van der Waals surface area contributed by atoms with E-state index >= 15 is 0 Å². The second kappa shape index (κ2) is 6.14. The van der Waals surface area contributed by atoms with Gasteiger partial charge in [-0.2, -0.15) is 0 Å². The minimum atomic E-state index is -0.0204. The molecule has 2 fully saturated rings. The van der Waals surface area contributed by atoms with Gasteiger partial charge >= 0.3 is 0 Å². The molecular formula is C13H25NO3. The summed E-state index contributed by atoms with van der Waals surface area (Å²) >= 11 is 0. The fraction of sp³-hybridized carbons (Fsp3) is 1.00. The summed E-state index contributed by atoms with van der Waals surface area (Å²) in [6.07, 6.45) is 5.07. The van der Waals surface area contributed by atoms with Crippen LogP contribution in [0, 0.1) is 0 Å². The number of aliphatic hydroxyl groups excluding tert-OH is 1. The van der Waals surface area contributed by atoms with Gasteiger partial charge in [-0.25, -0.2) is 0 Å². The monoisotopic (exact) mass is 243 g/mol. The largest absolute Gasteiger partial charge is 0.396 e. The molecule has 0 aromatic rings. The van der Waals surface area contributed by atoms with E-state index in [1.165, 1.54) is 0 Å². The number of hydrogen-bond acceptors (Lipinski definition) is 4. The van der Waals surface area contributed by atoms with Gasteiger partial charge in [-0.3, -0.25) is 0 Å². The van der Waals surface area contributed by atoms with Crippen LogP contribution in [0.4, 0.5) is 0 Å². The summed E-state index contributed by atoms with van der Waals surface area (Å²) in [4.78, 5) is 0. The first-order valence-electron chi connectivity index (χ1n) is 6.86. The number of ether oxygens (including phenoxy) is 2. The topological polar surface area (TPSA) is 50.7 Å². The van der Waals surface area contributed by atoms with Crippen LogP contribution in [0.1, 0.15) is 39.0 Å². The van der Waals surface area contributed by atoms with Crippen LogP contribution in [0.5, 0.6) is 0 Å². The van der Waals surface area contributed by atoms with Gasteiger partial charge in [0.05, 0.1) is 12.2 Å². The van der Waals surface area contributed by atoms with Gasteiger partial charge in [0.15, 0.2) is 0 Å². The Kier molecular flexibility index (Phi) is 4.79. The van der Waals surface area contributed by atoms with Crippen molar-refractivity contribution in [2.75, 3.05) is 26.4 Å². The Morgan fingerprint density at radius 3 is 3.00 bits per heavy atom. The summed E-state index contributed by atoms with van der Waals surface area (Å²) in [5, 5.41) is 12.7. The molecule has 0 amide bonds. The van der Waals surface area contributed by atoms with Crippen molar-refractivity contribution in [3.8, 4) is 0 Å². The van der Waals surface area contributed by atoms with E-state index in [0.29, 0.717) is 12.1 Å². The number of aliphatic hydroxyl groups is 1. The van der Waals surface area contributed by atoms with Crippen molar-refractivity contribution in [2.24, 2.45) is 0 Å². The van der Waals surface area contributed by atoms with Crippen LogP contribution in [-0.4, -0.2) is 49.2 Å². The average Bonchev–Trinajstić information content (AvgIpc) is 2.77. The van der Waals surface area contributed by atoms with Crippen LogP contribution in [-0.2, 0) is 9.47 Å². The molecule has 0 aromatic carbocycles. The second-order valence-electron chi connectivity index (χ2n) is 5.31. The van der Waals surface area contributed by atoms with Crippen molar-refractivity contribution in [1.29, 1.82) is 0 Å². The Labute approximate surface area is 104 Å². The molecular weight excluding hydrogens is 218 g/mol. The van der Waals surface area contributed by atoms with Gasteiger partial charge in [-0.1, -0.05) is 6.92 Å². The molecule has 17 heavy (non-hydrogen) atoms. The molecule has 0 aliphatic carbocycles. The van der Waals surface area contributed by atoms with Crippen molar-refractivity contribution in [2.45, 2.75) is 56.7 Å². The molecule has 2 N–H and O–H groups in total. The molecule has 2 heterocycles. The van der Waals surface area contributed by atoms with Crippen LogP contribution >= 0.6 is 0 Å². The highest BCUT2D eigenvalue weighted by Crippen LogP contribution is 2.33. The highest BCUT2D eigenvalue weighted by atomic mass is 16.6. The molecule has 0 bridgehead atoms. The molecule has 0 saturated carbocycles. The van der Waals surface area contributed by atoms with Gasteiger partial charge in [0.2, 0.25) is 0 Å². The second-order valence-corrected chi connectivity index (χ2v) is 5.31. The maximum absolute atomic E-state index is 9.02. The average molecular weight is 243 g/mol. The van der Waals surface area contributed by atoms with Gasteiger partial charge < -0.3 is 19.9 Å². The first-order valence-corrected chi connectivity index (χ1v) is 6.86. The molecule has 2 aliphatic heterocycles. The molecule has 4 heteroatoms. The van der Waals surface area contributed by atoms with E-state index in [4.69, 9.17) is 14.6 Å². The summed E-state index contributed by atoms with van der Waals surface area (Å²) in [7, 11) is 0. The molecule has 0 aromatic heterocycles. The Bertz CT molecular complexity index is 229. The summed E-state index contributed by atoms with van der Waals surface area (Å²) in [5.74, 6) is 0. The zero-order valence-electron chi connectivity index (χ0n) is 10.8. The Balaban J connectivity index is 1.84. The fourth-order valence-corrected chi connectivity index (χ4v) is 2.93. The van der Waals surface area contributed by atoms with E-state index < -0.39 is 0 Å². The van der Waals surface area contributed by atoms with Crippen LogP contribution in [0.15, 0.2) is 0 Å². The molecule has 4 nitrogen and oxygen atoms in total. The lowest BCUT2D eigenvalue weighted by Gasteiger charge is -2.38. The minimum absolute atomic E-state index is 0.0204. The standard InChI is InChI=1S/C13H25NO3/c1-2-11(3-6-15)14-12-4-7-17-13(9-12)5-8-16-10-13/h11-12,14-15H,2-10H2,1H3. The smallest absolute Gasteiger partial charge is 0.0951 e. The fourth-order valence-electron chi connectivity index (χ4n) is 2.93. The Morgan fingerprint density at radius 2 is 2.35 bits per heavy atom. The minimum Gasteiger partial charge on any atom is -0.396 e. The third kappa shape index (κ3) is 3.41. The van der Waals surface area contributed by atoms with E-state index in [1.807, 2.05) is 0 Å². The van der Waals surface area contributed by atoms with Crippen LogP contribution in [0.25, 0.3) is 0 Å². The maximum atomic E-state index is 9.02.